The summed E-state index contributed by atoms with van der Waals surface area (Å²) in [5.41, 5.74) is 7.91. The SMILES string of the molecule is COC(=O)C(CN)(Cc1ccc(C(C)C)cc1)CC1CC1. The van der Waals surface area contributed by atoms with Gasteiger partial charge < -0.3 is 10.5 Å². The number of hydrogen-bond acceptors (Lipinski definition) is 3. The lowest BCUT2D eigenvalue weighted by atomic mass is 9.77. The summed E-state index contributed by atoms with van der Waals surface area (Å²) in [6.07, 6.45) is 3.95. The van der Waals surface area contributed by atoms with Crippen molar-refractivity contribution in [3.05, 3.63) is 35.4 Å². The van der Waals surface area contributed by atoms with Crippen LogP contribution in [0.4, 0.5) is 0 Å². The first-order chi connectivity index (χ1) is 10.0. The Balaban J connectivity index is 2.18. The van der Waals surface area contributed by atoms with Gasteiger partial charge in [-0.3, -0.25) is 4.79 Å². The number of carbonyl (C=O) groups is 1. The van der Waals surface area contributed by atoms with E-state index in [2.05, 4.69) is 38.1 Å². The summed E-state index contributed by atoms with van der Waals surface area (Å²) in [7, 11) is 1.46. The minimum Gasteiger partial charge on any atom is -0.469 e. The number of rotatable bonds is 7. The van der Waals surface area contributed by atoms with Gasteiger partial charge in [-0.25, -0.2) is 0 Å². The van der Waals surface area contributed by atoms with Crippen molar-refractivity contribution in [1.82, 2.24) is 0 Å². The Morgan fingerprint density at radius 2 is 1.95 bits per heavy atom. The van der Waals surface area contributed by atoms with E-state index < -0.39 is 5.41 Å². The van der Waals surface area contributed by atoms with Crippen LogP contribution in [0.15, 0.2) is 24.3 Å². The van der Waals surface area contributed by atoms with Crippen molar-refractivity contribution in [2.75, 3.05) is 13.7 Å². The standard InChI is InChI=1S/C18H27NO2/c1-13(2)16-8-6-15(7-9-16)11-18(12-19,17(20)21-3)10-14-4-5-14/h6-9,13-14H,4-5,10-12,19H2,1-3H3. The first-order valence-corrected chi connectivity index (χ1v) is 7.88. The number of hydrogen-bond donors (Lipinski definition) is 1. The lowest BCUT2D eigenvalue weighted by molar-refractivity contribution is -0.153. The predicted molar refractivity (Wildman–Crippen MR) is 85.1 cm³/mol. The summed E-state index contributed by atoms with van der Waals surface area (Å²) in [5, 5.41) is 0. The highest BCUT2D eigenvalue weighted by Gasteiger charge is 2.43. The van der Waals surface area contributed by atoms with E-state index in [1.54, 1.807) is 0 Å². The van der Waals surface area contributed by atoms with Gasteiger partial charge in [-0.2, -0.15) is 0 Å². The molecule has 116 valence electrons. The summed E-state index contributed by atoms with van der Waals surface area (Å²) in [5.74, 6) is 0.998. The van der Waals surface area contributed by atoms with Crippen LogP contribution < -0.4 is 5.73 Å². The second-order valence-corrected chi connectivity index (χ2v) is 6.70. The molecule has 0 amide bonds. The second kappa shape index (κ2) is 6.61. The number of nitrogens with two attached hydrogens (primary N) is 1. The zero-order valence-electron chi connectivity index (χ0n) is 13.4. The van der Waals surface area contributed by atoms with E-state index in [1.165, 1.54) is 25.5 Å². The molecule has 1 fully saturated rings. The summed E-state index contributed by atoms with van der Waals surface area (Å²) >= 11 is 0. The van der Waals surface area contributed by atoms with Crippen LogP contribution in [0.1, 0.15) is 50.2 Å². The maximum atomic E-state index is 12.3. The van der Waals surface area contributed by atoms with Crippen molar-refractivity contribution in [3.8, 4) is 0 Å². The third kappa shape index (κ3) is 3.85. The van der Waals surface area contributed by atoms with Gasteiger partial charge in [0.05, 0.1) is 12.5 Å². The highest BCUT2D eigenvalue weighted by molar-refractivity contribution is 5.77. The lowest BCUT2D eigenvalue weighted by Crippen LogP contribution is -2.42. The zero-order chi connectivity index (χ0) is 15.5. The Bertz CT molecular complexity index is 476. The van der Waals surface area contributed by atoms with Crippen LogP contribution in [0.2, 0.25) is 0 Å². The molecule has 0 bridgehead atoms. The van der Waals surface area contributed by atoms with Gasteiger partial charge in [0, 0.05) is 6.54 Å². The van der Waals surface area contributed by atoms with Gasteiger partial charge in [0.15, 0.2) is 0 Å². The average molecular weight is 289 g/mol. The van der Waals surface area contributed by atoms with Gasteiger partial charge in [0.1, 0.15) is 0 Å². The molecule has 0 saturated heterocycles. The lowest BCUT2D eigenvalue weighted by Gasteiger charge is -2.30. The third-order valence-corrected chi connectivity index (χ3v) is 4.57. The number of benzene rings is 1. The Morgan fingerprint density at radius 3 is 2.38 bits per heavy atom. The van der Waals surface area contributed by atoms with Crippen molar-refractivity contribution in [1.29, 1.82) is 0 Å². The Kier molecular flexibility index (Phi) is 5.04. The van der Waals surface area contributed by atoms with Crippen LogP contribution in [0.5, 0.6) is 0 Å². The molecule has 1 saturated carbocycles. The van der Waals surface area contributed by atoms with E-state index >= 15 is 0 Å². The first-order valence-electron chi connectivity index (χ1n) is 7.88. The highest BCUT2D eigenvalue weighted by atomic mass is 16.5. The smallest absolute Gasteiger partial charge is 0.313 e. The molecule has 1 atom stereocenters. The summed E-state index contributed by atoms with van der Waals surface area (Å²) in [6, 6.07) is 8.54. The molecule has 1 aliphatic rings. The molecule has 3 nitrogen and oxygen atoms in total. The van der Waals surface area contributed by atoms with Crippen LogP contribution in [0, 0.1) is 11.3 Å². The molecule has 0 aromatic heterocycles. The Labute approximate surface area is 127 Å². The van der Waals surface area contributed by atoms with Crippen LogP contribution >= 0.6 is 0 Å². The number of esters is 1. The molecule has 1 aromatic rings. The van der Waals surface area contributed by atoms with Crippen molar-refractivity contribution >= 4 is 5.97 Å². The van der Waals surface area contributed by atoms with E-state index in [0.717, 1.165) is 12.0 Å². The minimum absolute atomic E-state index is 0.162. The zero-order valence-corrected chi connectivity index (χ0v) is 13.4. The second-order valence-electron chi connectivity index (χ2n) is 6.70. The fourth-order valence-corrected chi connectivity index (χ4v) is 2.97. The molecule has 0 aliphatic heterocycles. The van der Waals surface area contributed by atoms with Crippen molar-refractivity contribution in [3.63, 3.8) is 0 Å². The van der Waals surface area contributed by atoms with Crippen LogP contribution in [0.25, 0.3) is 0 Å². The van der Waals surface area contributed by atoms with Gasteiger partial charge >= 0.3 is 5.97 Å². The highest BCUT2D eigenvalue weighted by Crippen LogP contribution is 2.42. The Morgan fingerprint density at radius 1 is 1.33 bits per heavy atom. The normalized spacial score (nSPS) is 17.6. The molecule has 2 rings (SSSR count). The van der Waals surface area contributed by atoms with Gasteiger partial charge in [-0.05, 0) is 35.8 Å². The summed E-state index contributed by atoms with van der Waals surface area (Å²) in [4.78, 5) is 12.3. The van der Waals surface area contributed by atoms with Crippen LogP contribution in [0.3, 0.4) is 0 Å². The number of ether oxygens (including phenoxy) is 1. The molecular weight excluding hydrogens is 262 g/mol. The topological polar surface area (TPSA) is 52.3 Å². The first kappa shape index (κ1) is 16.0. The van der Waals surface area contributed by atoms with Gasteiger partial charge in [0.25, 0.3) is 0 Å². The molecule has 1 unspecified atom stereocenters. The molecular formula is C18H27NO2. The monoisotopic (exact) mass is 289 g/mol. The van der Waals surface area contributed by atoms with E-state index in [-0.39, 0.29) is 5.97 Å². The fraction of sp³-hybridized carbons (Fsp3) is 0.611. The third-order valence-electron chi connectivity index (χ3n) is 4.57. The quantitative estimate of drug-likeness (QED) is 0.784. The molecule has 0 radical (unpaired) electrons. The molecule has 21 heavy (non-hydrogen) atoms. The van der Waals surface area contributed by atoms with E-state index in [4.69, 9.17) is 10.5 Å². The largest absolute Gasteiger partial charge is 0.469 e. The summed E-state index contributed by atoms with van der Waals surface area (Å²) < 4.78 is 5.05. The fourth-order valence-electron chi connectivity index (χ4n) is 2.97. The van der Waals surface area contributed by atoms with E-state index in [0.29, 0.717) is 24.8 Å². The van der Waals surface area contributed by atoms with Crippen molar-refractivity contribution < 1.29 is 9.53 Å². The van der Waals surface area contributed by atoms with Gasteiger partial charge in [-0.1, -0.05) is 51.0 Å². The summed E-state index contributed by atoms with van der Waals surface area (Å²) in [6.45, 7) is 4.71. The van der Waals surface area contributed by atoms with Crippen LogP contribution in [-0.2, 0) is 16.0 Å². The van der Waals surface area contributed by atoms with E-state index in [1.807, 2.05) is 0 Å². The Hall–Kier alpha value is -1.35. The van der Waals surface area contributed by atoms with Crippen LogP contribution in [-0.4, -0.2) is 19.6 Å². The number of carbonyl (C=O) groups excluding carboxylic acids is 1. The maximum Gasteiger partial charge on any atom is 0.313 e. The molecule has 1 aliphatic carbocycles. The average Bonchev–Trinajstić information content (AvgIpc) is 3.30. The molecule has 1 aromatic carbocycles. The molecule has 3 heteroatoms. The predicted octanol–water partition coefficient (Wildman–Crippen LogP) is 3.27. The van der Waals surface area contributed by atoms with Crippen molar-refractivity contribution in [2.45, 2.75) is 45.4 Å². The van der Waals surface area contributed by atoms with Gasteiger partial charge in [0.2, 0.25) is 0 Å². The maximum absolute atomic E-state index is 12.3. The molecule has 0 heterocycles. The number of methoxy groups -OCH3 is 1. The minimum atomic E-state index is -0.560. The molecule has 0 spiro atoms. The molecule has 2 N–H and O–H groups in total. The van der Waals surface area contributed by atoms with Gasteiger partial charge in [-0.15, -0.1) is 0 Å². The van der Waals surface area contributed by atoms with E-state index in [9.17, 15) is 4.79 Å². The van der Waals surface area contributed by atoms with Crippen molar-refractivity contribution in [2.24, 2.45) is 17.1 Å².